The van der Waals surface area contributed by atoms with Crippen molar-refractivity contribution >= 4 is 0 Å². The molecular formula is C9H5FNO. The molecule has 0 amide bonds. The Morgan fingerprint density at radius 2 is 2.33 bits per heavy atom. The molecule has 2 nitrogen and oxygen atoms in total. The molecule has 0 atom stereocenters. The molecule has 59 valence electrons. The Bertz CT molecular complexity index is 369. The van der Waals surface area contributed by atoms with Crippen molar-refractivity contribution < 1.29 is 8.81 Å². The number of rotatable bonds is 1. The first-order valence-corrected chi connectivity index (χ1v) is 3.44. The lowest BCUT2D eigenvalue weighted by Crippen LogP contribution is -1.76. The standard InChI is InChI=1S/C9H5FNO/c10-8-6-12-9(11-8)7-4-2-1-3-5-7/h1-4,6H. The van der Waals surface area contributed by atoms with Crippen LogP contribution in [0.15, 0.2) is 34.9 Å². The molecule has 3 heteroatoms. The van der Waals surface area contributed by atoms with Crippen LogP contribution < -0.4 is 0 Å². The van der Waals surface area contributed by atoms with Gasteiger partial charge in [-0.15, -0.1) is 0 Å². The van der Waals surface area contributed by atoms with Crippen LogP contribution in [0.25, 0.3) is 11.5 Å². The van der Waals surface area contributed by atoms with Gasteiger partial charge in [0.2, 0.25) is 5.89 Å². The molecule has 0 aliphatic carbocycles. The van der Waals surface area contributed by atoms with Crippen LogP contribution in [0.4, 0.5) is 4.39 Å². The Hall–Kier alpha value is -1.64. The van der Waals surface area contributed by atoms with E-state index in [0.29, 0.717) is 5.56 Å². The largest absolute Gasteiger partial charge is 0.441 e. The lowest BCUT2D eigenvalue weighted by molar-refractivity contribution is 0.539. The maximum absolute atomic E-state index is 12.4. The summed E-state index contributed by atoms with van der Waals surface area (Å²) in [5.74, 6) is -0.352. The molecule has 0 unspecified atom stereocenters. The second-order valence-electron chi connectivity index (χ2n) is 2.25. The van der Waals surface area contributed by atoms with E-state index in [0.717, 1.165) is 6.26 Å². The van der Waals surface area contributed by atoms with Crippen LogP contribution >= 0.6 is 0 Å². The summed E-state index contributed by atoms with van der Waals surface area (Å²) in [6.45, 7) is 0. The van der Waals surface area contributed by atoms with Crippen LogP contribution in [0.2, 0.25) is 0 Å². The van der Waals surface area contributed by atoms with Crippen molar-refractivity contribution in [3.05, 3.63) is 42.5 Å². The summed E-state index contributed by atoms with van der Waals surface area (Å²) in [5, 5.41) is 0. The first-order valence-electron chi connectivity index (χ1n) is 3.44. The van der Waals surface area contributed by atoms with Crippen molar-refractivity contribution in [2.24, 2.45) is 0 Å². The van der Waals surface area contributed by atoms with Gasteiger partial charge >= 0.3 is 0 Å². The Morgan fingerprint density at radius 3 is 2.92 bits per heavy atom. The zero-order valence-corrected chi connectivity index (χ0v) is 6.12. The molecule has 1 radical (unpaired) electrons. The average molecular weight is 162 g/mol. The Morgan fingerprint density at radius 1 is 1.42 bits per heavy atom. The molecule has 2 rings (SSSR count). The summed E-state index contributed by atoms with van der Waals surface area (Å²) in [5.41, 5.74) is 0.654. The van der Waals surface area contributed by atoms with E-state index in [-0.39, 0.29) is 5.89 Å². The van der Waals surface area contributed by atoms with Crippen molar-refractivity contribution in [2.45, 2.75) is 0 Å². The number of halogens is 1. The highest BCUT2D eigenvalue weighted by Gasteiger charge is 2.04. The van der Waals surface area contributed by atoms with Gasteiger partial charge in [0.15, 0.2) is 0 Å². The van der Waals surface area contributed by atoms with Gasteiger partial charge in [0.1, 0.15) is 6.26 Å². The van der Waals surface area contributed by atoms with E-state index in [2.05, 4.69) is 11.1 Å². The molecule has 0 N–H and O–H groups in total. The van der Waals surface area contributed by atoms with E-state index in [1.54, 1.807) is 12.1 Å². The Kier molecular flexibility index (Phi) is 1.63. The van der Waals surface area contributed by atoms with Crippen LogP contribution in [0.3, 0.4) is 0 Å². The lowest BCUT2D eigenvalue weighted by Gasteiger charge is -1.90. The van der Waals surface area contributed by atoms with Crippen LogP contribution in [-0.4, -0.2) is 4.98 Å². The average Bonchev–Trinajstić information content (AvgIpc) is 2.54. The highest BCUT2D eigenvalue weighted by molar-refractivity contribution is 5.51. The van der Waals surface area contributed by atoms with E-state index >= 15 is 0 Å². The molecule has 0 aliphatic heterocycles. The van der Waals surface area contributed by atoms with Gasteiger partial charge in [-0.2, -0.15) is 9.37 Å². The quantitative estimate of drug-likeness (QED) is 0.642. The van der Waals surface area contributed by atoms with Crippen molar-refractivity contribution in [3.63, 3.8) is 0 Å². The maximum atomic E-state index is 12.4. The van der Waals surface area contributed by atoms with Gasteiger partial charge in [0.25, 0.3) is 5.95 Å². The van der Waals surface area contributed by atoms with Crippen molar-refractivity contribution in [3.8, 4) is 11.5 Å². The molecule has 0 saturated carbocycles. The van der Waals surface area contributed by atoms with E-state index in [1.165, 1.54) is 0 Å². The van der Waals surface area contributed by atoms with Gasteiger partial charge in [-0.1, -0.05) is 18.2 Å². The molecular weight excluding hydrogens is 157 g/mol. The van der Waals surface area contributed by atoms with E-state index in [9.17, 15) is 4.39 Å². The molecule has 12 heavy (non-hydrogen) atoms. The second-order valence-corrected chi connectivity index (χ2v) is 2.25. The third kappa shape index (κ3) is 1.21. The van der Waals surface area contributed by atoms with E-state index in [1.807, 2.05) is 12.1 Å². The summed E-state index contributed by atoms with van der Waals surface area (Å²) in [6, 6.07) is 9.99. The predicted octanol–water partition coefficient (Wildman–Crippen LogP) is 2.28. The first-order chi connectivity index (χ1) is 5.86. The molecule has 0 fully saturated rings. The minimum atomic E-state index is -0.609. The first kappa shape index (κ1) is 7.03. The van der Waals surface area contributed by atoms with Gasteiger partial charge in [0.05, 0.1) is 0 Å². The Balaban J connectivity index is 2.45. The number of benzene rings is 1. The molecule has 1 heterocycles. The lowest BCUT2D eigenvalue weighted by atomic mass is 10.2. The summed E-state index contributed by atoms with van der Waals surface area (Å²) >= 11 is 0. The molecule has 1 aromatic heterocycles. The van der Waals surface area contributed by atoms with Gasteiger partial charge in [-0.25, -0.2) is 0 Å². The normalized spacial score (nSPS) is 10.1. The summed E-state index contributed by atoms with van der Waals surface area (Å²) in [7, 11) is 0. The van der Waals surface area contributed by atoms with E-state index in [4.69, 9.17) is 4.42 Å². The minimum absolute atomic E-state index is 0.258. The van der Waals surface area contributed by atoms with Gasteiger partial charge < -0.3 is 4.42 Å². The molecule has 0 aliphatic rings. The van der Waals surface area contributed by atoms with Crippen molar-refractivity contribution in [2.75, 3.05) is 0 Å². The highest BCUT2D eigenvalue weighted by atomic mass is 19.1. The summed E-state index contributed by atoms with van der Waals surface area (Å²) < 4.78 is 17.2. The number of hydrogen-bond acceptors (Lipinski definition) is 2. The van der Waals surface area contributed by atoms with Crippen LogP contribution in [-0.2, 0) is 0 Å². The fourth-order valence-corrected chi connectivity index (χ4v) is 0.904. The third-order valence-corrected chi connectivity index (χ3v) is 1.42. The Labute approximate surface area is 68.7 Å². The smallest absolute Gasteiger partial charge is 0.251 e. The number of hydrogen-bond donors (Lipinski definition) is 0. The fourth-order valence-electron chi connectivity index (χ4n) is 0.904. The van der Waals surface area contributed by atoms with Gasteiger partial charge in [-0.05, 0) is 12.1 Å². The molecule has 2 aromatic rings. The number of nitrogens with zero attached hydrogens (tertiary/aromatic N) is 1. The van der Waals surface area contributed by atoms with Crippen LogP contribution in [0, 0.1) is 12.0 Å². The number of aromatic nitrogens is 1. The van der Waals surface area contributed by atoms with E-state index < -0.39 is 5.95 Å². The zero-order valence-electron chi connectivity index (χ0n) is 6.12. The van der Waals surface area contributed by atoms with Crippen LogP contribution in [0.1, 0.15) is 0 Å². The molecule has 0 saturated heterocycles. The van der Waals surface area contributed by atoms with Crippen LogP contribution in [0.5, 0.6) is 0 Å². The van der Waals surface area contributed by atoms with Crippen molar-refractivity contribution in [1.29, 1.82) is 0 Å². The monoisotopic (exact) mass is 162 g/mol. The number of oxazole rings is 1. The van der Waals surface area contributed by atoms with Crippen molar-refractivity contribution in [1.82, 2.24) is 4.98 Å². The molecule has 0 spiro atoms. The zero-order chi connectivity index (χ0) is 8.39. The summed E-state index contributed by atoms with van der Waals surface area (Å²) in [4.78, 5) is 3.52. The second kappa shape index (κ2) is 2.77. The molecule has 0 bridgehead atoms. The topological polar surface area (TPSA) is 26.0 Å². The fraction of sp³-hybridized carbons (Fsp3) is 0. The highest BCUT2D eigenvalue weighted by Crippen LogP contribution is 2.16. The maximum Gasteiger partial charge on any atom is 0.251 e. The third-order valence-electron chi connectivity index (χ3n) is 1.42. The predicted molar refractivity (Wildman–Crippen MR) is 40.7 cm³/mol. The minimum Gasteiger partial charge on any atom is -0.441 e. The summed E-state index contributed by atoms with van der Waals surface area (Å²) in [6.07, 6.45) is 0.968. The van der Waals surface area contributed by atoms with Gasteiger partial charge in [0, 0.05) is 5.56 Å². The SMILES string of the molecule is Fc1coc(-c2[c]cccc2)n1. The van der Waals surface area contributed by atoms with Gasteiger partial charge in [-0.3, -0.25) is 0 Å². The molecule has 1 aromatic carbocycles.